The van der Waals surface area contributed by atoms with Crippen LogP contribution in [-0.4, -0.2) is 0 Å². The zero-order valence-electron chi connectivity index (χ0n) is 11.7. The van der Waals surface area contributed by atoms with Gasteiger partial charge in [0.1, 0.15) is 0 Å². The van der Waals surface area contributed by atoms with Gasteiger partial charge in [-0.05, 0) is 82.7 Å². The standard InChI is InChI=1S/C17H18ClIN2/c18-15-10-14(6-7-16(15)19)17(21-20)9-11-4-5-12-2-1-3-13(12)8-11/h4-8,10,17,21H,1-3,9,20H2. The number of hydrogen-bond acceptors (Lipinski definition) is 2. The van der Waals surface area contributed by atoms with Gasteiger partial charge in [-0.3, -0.25) is 11.3 Å². The van der Waals surface area contributed by atoms with Crippen LogP contribution < -0.4 is 11.3 Å². The highest BCUT2D eigenvalue weighted by Gasteiger charge is 2.15. The van der Waals surface area contributed by atoms with Crippen LogP contribution in [0.4, 0.5) is 0 Å². The van der Waals surface area contributed by atoms with Crippen LogP contribution in [0.5, 0.6) is 0 Å². The molecule has 1 aliphatic rings. The minimum Gasteiger partial charge on any atom is -0.271 e. The SMILES string of the molecule is NNC(Cc1ccc2c(c1)CCC2)c1ccc(I)c(Cl)c1. The third-order valence-electron chi connectivity index (χ3n) is 4.15. The van der Waals surface area contributed by atoms with Crippen molar-refractivity contribution in [3.63, 3.8) is 0 Å². The van der Waals surface area contributed by atoms with E-state index in [-0.39, 0.29) is 6.04 Å². The average Bonchev–Trinajstić information content (AvgIpc) is 2.95. The van der Waals surface area contributed by atoms with Gasteiger partial charge in [0, 0.05) is 3.57 Å². The van der Waals surface area contributed by atoms with E-state index in [0.717, 1.165) is 20.6 Å². The summed E-state index contributed by atoms with van der Waals surface area (Å²) in [7, 11) is 0. The van der Waals surface area contributed by atoms with Crippen LogP contribution in [0.2, 0.25) is 5.02 Å². The fraction of sp³-hybridized carbons (Fsp3) is 0.294. The van der Waals surface area contributed by atoms with E-state index in [9.17, 15) is 0 Å². The van der Waals surface area contributed by atoms with E-state index in [1.807, 2.05) is 12.1 Å². The second kappa shape index (κ2) is 6.65. The fourth-order valence-corrected chi connectivity index (χ4v) is 3.51. The average molecular weight is 413 g/mol. The lowest BCUT2D eigenvalue weighted by atomic mass is 9.97. The van der Waals surface area contributed by atoms with E-state index < -0.39 is 0 Å². The van der Waals surface area contributed by atoms with Crippen LogP contribution in [-0.2, 0) is 19.3 Å². The zero-order chi connectivity index (χ0) is 14.8. The monoisotopic (exact) mass is 412 g/mol. The first kappa shape index (κ1) is 15.3. The first-order chi connectivity index (χ1) is 10.2. The maximum Gasteiger partial charge on any atom is 0.0542 e. The van der Waals surface area contributed by atoms with Crippen molar-refractivity contribution in [2.45, 2.75) is 31.7 Å². The van der Waals surface area contributed by atoms with Gasteiger partial charge in [0.05, 0.1) is 11.1 Å². The molecular formula is C17H18ClIN2. The zero-order valence-corrected chi connectivity index (χ0v) is 14.6. The minimum absolute atomic E-state index is 0.0824. The Balaban J connectivity index is 1.82. The van der Waals surface area contributed by atoms with Crippen LogP contribution in [0.25, 0.3) is 0 Å². The molecule has 21 heavy (non-hydrogen) atoms. The Hall–Kier alpha value is -0.620. The first-order valence-electron chi connectivity index (χ1n) is 7.19. The molecule has 0 spiro atoms. The van der Waals surface area contributed by atoms with Crippen LogP contribution in [0.3, 0.4) is 0 Å². The highest BCUT2D eigenvalue weighted by Crippen LogP contribution is 2.27. The molecule has 0 radical (unpaired) electrons. The van der Waals surface area contributed by atoms with E-state index in [2.05, 4.69) is 52.3 Å². The van der Waals surface area contributed by atoms with Crippen molar-refractivity contribution in [2.75, 3.05) is 0 Å². The summed E-state index contributed by atoms with van der Waals surface area (Å²) < 4.78 is 1.06. The lowest BCUT2D eigenvalue weighted by Gasteiger charge is -2.17. The third kappa shape index (κ3) is 3.42. The molecule has 0 saturated carbocycles. The molecule has 0 saturated heterocycles. The molecule has 1 unspecified atom stereocenters. The van der Waals surface area contributed by atoms with Crippen LogP contribution in [0.15, 0.2) is 36.4 Å². The molecule has 0 aromatic heterocycles. The van der Waals surface area contributed by atoms with Crippen molar-refractivity contribution in [1.29, 1.82) is 0 Å². The highest BCUT2D eigenvalue weighted by atomic mass is 127. The fourth-order valence-electron chi connectivity index (χ4n) is 2.99. The highest BCUT2D eigenvalue weighted by molar-refractivity contribution is 14.1. The molecule has 0 amide bonds. The Morgan fingerprint density at radius 3 is 2.71 bits per heavy atom. The number of hydrazine groups is 1. The van der Waals surface area contributed by atoms with E-state index in [1.165, 1.54) is 36.0 Å². The number of halogens is 2. The molecule has 0 aliphatic heterocycles. The number of benzene rings is 2. The summed E-state index contributed by atoms with van der Waals surface area (Å²) in [4.78, 5) is 0. The quantitative estimate of drug-likeness (QED) is 0.449. The van der Waals surface area contributed by atoms with Gasteiger partial charge < -0.3 is 0 Å². The van der Waals surface area contributed by atoms with Crippen molar-refractivity contribution in [3.05, 3.63) is 67.2 Å². The van der Waals surface area contributed by atoms with E-state index in [4.69, 9.17) is 17.4 Å². The largest absolute Gasteiger partial charge is 0.271 e. The maximum atomic E-state index is 6.22. The van der Waals surface area contributed by atoms with Crippen molar-refractivity contribution >= 4 is 34.2 Å². The summed E-state index contributed by atoms with van der Waals surface area (Å²) in [6, 6.07) is 13.0. The molecule has 3 rings (SSSR count). The maximum absolute atomic E-state index is 6.22. The van der Waals surface area contributed by atoms with E-state index in [1.54, 1.807) is 0 Å². The smallest absolute Gasteiger partial charge is 0.0542 e. The number of nitrogens with two attached hydrogens (primary N) is 1. The molecule has 0 fully saturated rings. The molecule has 2 aromatic rings. The molecule has 0 heterocycles. The van der Waals surface area contributed by atoms with Gasteiger partial charge in [0.25, 0.3) is 0 Å². The van der Waals surface area contributed by atoms with Crippen molar-refractivity contribution < 1.29 is 0 Å². The van der Waals surface area contributed by atoms with Crippen molar-refractivity contribution in [1.82, 2.24) is 5.43 Å². The summed E-state index contributed by atoms with van der Waals surface area (Å²) in [5.41, 5.74) is 8.39. The second-order valence-corrected chi connectivity index (χ2v) is 7.12. The molecule has 2 aromatic carbocycles. The Labute approximate surface area is 144 Å². The van der Waals surface area contributed by atoms with Crippen LogP contribution >= 0.6 is 34.2 Å². The molecule has 110 valence electrons. The predicted octanol–water partition coefficient (Wildman–Crippen LogP) is 4.18. The Morgan fingerprint density at radius 2 is 1.95 bits per heavy atom. The molecule has 4 heteroatoms. The van der Waals surface area contributed by atoms with Gasteiger partial charge in [-0.2, -0.15) is 0 Å². The van der Waals surface area contributed by atoms with Gasteiger partial charge >= 0.3 is 0 Å². The summed E-state index contributed by atoms with van der Waals surface area (Å²) in [5.74, 6) is 5.76. The lowest BCUT2D eigenvalue weighted by molar-refractivity contribution is 0.552. The molecule has 3 N–H and O–H groups in total. The number of nitrogens with one attached hydrogen (secondary N) is 1. The Kier molecular flexibility index (Phi) is 4.84. The van der Waals surface area contributed by atoms with E-state index in [0.29, 0.717) is 0 Å². The summed E-state index contributed by atoms with van der Waals surface area (Å²) in [6.07, 6.45) is 4.59. The number of aryl methyl sites for hydroxylation is 2. The molecular weight excluding hydrogens is 395 g/mol. The van der Waals surface area contributed by atoms with Crippen molar-refractivity contribution in [2.24, 2.45) is 5.84 Å². The molecule has 1 aliphatic carbocycles. The summed E-state index contributed by atoms with van der Waals surface area (Å²) in [6.45, 7) is 0. The number of hydrogen-bond donors (Lipinski definition) is 2. The summed E-state index contributed by atoms with van der Waals surface area (Å²) >= 11 is 8.45. The van der Waals surface area contributed by atoms with Gasteiger partial charge in [-0.15, -0.1) is 0 Å². The molecule has 0 bridgehead atoms. The van der Waals surface area contributed by atoms with Crippen molar-refractivity contribution in [3.8, 4) is 0 Å². The number of rotatable bonds is 4. The predicted molar refractivity (Wildman–Crippen MR) is 96.4 cm³/mol. The van der Waals surface area contributed by atoms with Gasteiger partial charge in [0.15, 0.2) is 0 Å². The Morgan fingerprint density at radius 1 is 1.14 bits per heavy atom. The topological polar surface area (TPSA) is 38.0 Å². The Bertz CT molecular complexity index is 657. The van der Waals surface area contributed by atoms with Gasteiger partial charge in [-0.25, -0.2) is 0 Å². The minimum atomic E-state index is 0.0824. The second-order valence-electron chi connectivity index (χ2n) is 5.55. The van der Waals surface area contributed by atoms with Crippen LogP contribution in [0.1, 0.15) is 34.7 Å². The summed E-state index contributed by atoms with van der Waals surface area (Å²) in [5, 5.41) is 0.780. The third-order valence-corrected chi connectivity index (χ3v) is 5.72. The van der Waals surface area contributed by atoms with Gasteiger partial charge in [0.2, 0.25) is 0 Å². The molecule has 2 nitrogen and oxygen atoms in total. The normalized spacial score (nSPS) is 15.0. The lowest BCUT2D eigenvalue weighted by Crippen LogP contribution is -2.29. The number of fused-ring (bicyclic) bond motifs is 1. The first-order valence-corrected chi connectivity index (χ1v) is 8.65. The van der Waals surface area contributed by atoms with Gasteiger partial charge in [-0.1, -0.05) is 35.9 Å². The van der Waals surface area contributed by atoms with E-state index >= 15 is 0 Å². The van der Waals surface area contributed by atoms with Crippen LogP contribution in [0, 0.1) is 3.57 Å². The molecule has 1 atom stereocenters.